The van der Waals surface area contributed by atoms with E-state index in [1.807, 2.05) is 24.3 Å². The van der Waals surface area contributed by atoms with Crippen LogP contribution in [0.1, 0.15) is 15.7 Å². The molecule has 0 amide bonds. The maximum atomic E-state index is 2.99. The monoisotopic (exact) mass is 237 g/mol. The topological polar surface area (TPSA) is 0 Å². The van der Waals surface area contributed by atoms with Gasteiger partial charge in [-0.15, -0.1) is 12.8 Å². The van der Waals surface area contributed by atoms with Gasteiger partial charge < -0.3 is 10.3 Å². The van der Waals surface area contributed by atoms with Crippen molar-refractivity contribution in [2.75, 3.05) is 0 Å². The molecule has 2 rings (SSSR count). The van der Waals surface area contributed by atoms with Crippen molar-refractivity contribution in [1.29, 1.82) is 0 Å². The van der Waals surface area contributed by atoms with Crippen LogP contribution < -0.4 is 0 Å². The first-order chi connectivity index (χ1) is 5.00. The van der Waals surface area contributed by atoms with Gasteiger partial charge in [-0.3, -0.25) is 12.2 Å². The van der Waals surface area contributed by atoms with E-state index in [9.17, 15) is 0 Å². The Kier molecular flexibility index (Phi) is 13.0. The molecule has 0 saturated carbocycles. The largest absolute Gasteiger partial charge is 2.00 e. The SMILES string of the molecule is [C-]1=CC=CC1.[C-]1=CC=CC1.[CH3-].[H-].[H-].[Zr+2]. The maximum absolute atomic E-state index is 2.99. The van der Waals surface area contributed by atoms with Crippen molar-refractivity contribution in [3.63, 3.8) is 0 Å². The van der Waals surface area contributed by atoms with Crippen LogP contribution in [0.25, 0.3) is 0 Å². The molecule has 0 nitrogen and oxygen atoms in total. The minimum absolute atomic E-state index is 0. The molecule has 0 aromatic heterocycles. The Morgan fingerprint density at radius 2 is 1.33 bits per heavy atom. The molecule has 0 spiro atoms. The first-order valence-electron chi connectivity index (χ1n) is 3.43. The fourth-order valence-electron chi connectivity index (χ4n) is 0.680. The molecule has 1 heteroatoms. The van der Waals surface area contributed by atoms with Crippen LogP contribution in [0.15, 0.2) is 36.5 Å². The van der Waals surface area contributed by atoms with Gasteiger partial charge in [-0.1, -0.05) is 0 Å². The van der Waals surface area contributed by atoms with Crippen molar-refractivity contribution in [3.8, 4) is 0 Å². The molecule has 66 valence electrons. The Hall–Kier alpha value is -0.157. The van der Waals surface area contributed by atoms with E-state index >= 15 is 0 Å². The Morgan fingerprint density at radius 3 is 1.42 bits per heavy atom. The summed E-state index contributed by atoms with van der Waals surface area (Å²) >= 11 is 0. The van der Waals surface area contributed by atoms with Gasteiger partial charge in [-0.2, -0.15) is 12.2 Å². The third-order valence-corrected chi connectivity index (χ3v) is 1.17. The van der Waals surface area contributed by atoms with Crippen LogP contribution in [0.2, 0.25) is 0 Å². The summed E-state index contributed by atoms with van der Waals surface area (Å²) in [5.41, 5.74) is 0. The summed E-state index contributed by atoms with van der Waals surface area (Å²) in [6, 6.07) is 0. The van der Waals surface area contributed by atoms with E-state index in [2.05, 4.69) is 24.3 Å². The van der Waals surface area contributed by atoms with Crippen molar-refractivity contribution in [2.24, 2.45) is 0 Å². The van der Waals surface area contributed by atoms with Crippen LogP contribution in [0.3, 0.4) is 0 Å². The van der Waals surface area contributed by atoms with Gasteiger partial charge in [-0.25, -0.2) is 24.3 Å². The maximum Gasteiger partial charge on any atom is 2.00 e. The fourth-order valence-corrected chi connectivity index (χ4v) is 0.680. The first-order valence-corrected chi connectivity index (χ1v) is 3.43. The quantitative estimate of drug-likeness (QED) is 0.568. The zero-order valence-corrected chi connectivity index (χ0v) is 9.84. The zero-order valence-electron chi connectivity index (χ0n) is 9.38. The minimum atomic E-state index is 0. The summed E-state index contributed by atoms with van der Waals surface area (Å²) in [7, 11) is 0. The zero-order chi connectivity index (χ0) is 7.07. The number of hydrogen-bond donors (Lipinski definition) is 0. The molecule has 2 aliphatic rings. The smallest absolute Gasteiger partial charge is 1.00 e. The molecule has 0 saturated heterocycles. The Balaban J connectivity index is -0.0000000556. The number of allylic oxidation sites excluding steroid dienone is 8. The Bertz CT molecular complexity index is 151. The van der Waals surface area contributed by atoms with E-state index in [4.69, 9.17) is 0 Å². The second kappa shape index (κ2) is 10.8. The van der Waals surface area contributed by atoms with E-state index in [0.717, 1.165) is 12.8 Å². The Labute approximate surface area is 97.8 Å². The molecule has 2 aliphatic carbocycles. The molecule has 0 N–H and O–H groups in total. The van der Waals surface area contributed by atoms with Crippen LogP contribution in [0, 0.1) is 19.6 Å². The molecular formula is C11H15Zr-3. The predicted molar refractivity (Wildman–Crippen MR) is 51.8 cm³/mol. The molecule has 12 heavy (non-hydrogen) atoms. The molecule has 0 unspecified atom stereocenters. The second-order valence-electron chi connectivity index (χ2n) is 2.01. The van der Waals surface area contributed by atoms with E-state index in [0.29, 0.717) is 0 Å². The van der Waals surface area contributed by atoms with Crippen molar-refractivity contribution in [3.05, 3.63) is 56.0 Å². The summed E-state index contributed by atoms with van der Waals surface area (Å²) in [4.78, 5) is 0. The number of hydrogen-bond acceptors (Lipinski definition) is 0. The molecule has 0 heterocycles. The molecule has 0 bridgehead atoms. The summed E-state index contributed by atoms with van der Waals surface area (Å²) in [5, 5.41) is 0. The average Bonchev–Trinajstić information content (AvgIpc) is 2.67. The van der Waals surface area contributed by atoms with Crippen molar-refractivity contribution in [1.82, 2.24) is 0 Å². The van der Waals surface area contributed by atoms with Crippen molar-refractivity contribution < 1.29 is 29.1 Å². The molecular weight excluding hydrogens is 223 g/mol. The normalized spacial score (nSPS) is 14.7. The van der Waals surface area contributed by atoms with Gasteiger partial charge in [0, 0.05) is 0 Å². The molecule has 0 aromatic rings. The number of rotatable bonds is 0. The summed E-state index contributed by atoms with van der Waals surface area (Å²) in [6.45, 7) is 0. The standard InChI is InChI=1S/2C5H5.CH3.Zr.2H/c2*1-2-4-5-3-1;;;;/h2*1-3H,4H2;1H3;;;/q3*-1;+2;2*-1. The molecule has 0 atom stereocenters. The Morgan fingerprint density at radius 1 is 0.917 bits per heavy atom. The van der Waals surface area contributed by atoms with Crippen LogP contribution in [0.4, 0.5) is 0 Å². The second-order valence-corrected chi connectivity index (χ2v) is 2.01. The van der Waals surface area contributed by atoms with Gasteiger partial charge in [0.15, 0.2) is 0 Å². The third kappa shape index (κ3) is 7.94. The van der Waals surface area contributed by atoms with Crippen LogP contribution in [-0.4, -0.2) is 0 Å². The van der Waals surface area contributed by atoms with Gasteiger partial charge in [0.25, 0.3) is 0 Å². The summed E-state index contributed by atoms with van der Waals surface area (Å²) < 4.78 is 0. The molecule has 0 aliphatic heterocycles. The van der Waals surface area contributed by atoms with Crippen LogP contribution >= 0.6 is 0 Å². The van der Waals surface area contributed by atoms with Gasteiger partial charge in [0.1, 0.15) is 0 Å². The van der Waals surface area contributed by atoms with Gasteiger partial charge in [0.05, 0.1) is 0 Å². The molecule has 0 aromatic carbocycles. The van der Waals surface area contributed by atoms with Crippen molar-refractivity contribution >= 4 is 0 Å². The first kappa shape index (κ1) is 14.4. The minimum Gasteiger partial charge on any atom is -1.00 e. The summed E-state index contributed by atoms with van der Waals surface area (Å²) in [5.74, 6) is 0. The van der Waals surface area contributed by atoms with Gasteiger partial charge in [0.2, 0.25) is 0 Å². The molecule has 0 fully saturated rings. The van der Waals surface area contributed by atoms with E-state index in [-0.39, 0.29) is 36.5 Å². The van der Waals surface area contributed by atoms with Crippen LogP contribution in [0.5, 0.6) is 0 Å². The third-order valence-electron chi connectivity index (χ3n) is 1.17. The van der Waals surface area contributed by atoms with Crippen molar-refractivity contribution in [2.45, 2.75) is 12.8 Å². The van der Waals surface area contributed by atoms with Gasteiger partial charge in [-0.05, 0) is 0 Å². The van der Waals surface area contributed by atoms with E-state index in [1.54, 1.807) is 0 Å². The van der Waals surface area contributed by atoms with Gasteiger partial charge >= 0.3 is 26.2 Å². The molecule has 0 radical (unpaired) electrons. The summed E-state index contributed by atoms with van der Waals surface area (Å²) in [6.07, 6.45) is 20.0. The predicted octanol–water partition coefficient (Wildman–Crippen LogP) is 3.28. The van der Waals surface area contributed by atoms with E-state index in [1.165, 1.54) is 0 Å². The van der Waals surface area contributed by atoms with Crippen LogP contribution in [-0.2, 0) is 26.2 Å². The fraction of sp³-hybridized carbons (Fsp3) is 0.182. The average molecular weight is 238 g/mol. The van der Waals surface area contributed by atoms with E-state index < -0.39 is 0 Å².